The monoisotopic (exact) mass is 268 g/mol. The van der Waals surface area contributed by atoms with E-state index < -0.39 is 5.60 Å². The van der Waals surface area contributed by atoms with E-state index in [1.807, 2.05) is 0 Å². The first kappa shape index (κ1) is 13.3. The summed E-state index contributed by atoms with van der Waals surface area (Å²) >= 11 is 0. The van der Waals surface area contributed by atoms with Crippen LogP contribution in [0.3, 0.4) is 0 Å². The van der Waals surface area contributed by atoms with Crippen LogP contribution in [0.15, 0.2) is 42.5 Å². The van der Waals surface area contributed by atoms with Crippen LogP contribution in [0.25, 0.3) is 11.1 Å². The third-order valence-electron chi connectivity index (χ3n) is 4.46. The molecule has 0 bridgehead atoms. The molecule has 0 amide bonds. The van der Waals surface area contributed by atoms with Crippen molar-refractivity contribution in [2.75, 3.05) is 13.7 Å². The summed E-state index contributed by atoms with van der Waals surface area (Å²) in [6, 6.07) is 14.9. The van der Waals surface area contributed by atoms with Gasteiger partial charge in [0.15, 0.2) is 0 Å². The number of methoxy groups -OCH3 is 1. The highest BCUT2D eigenvalue weighted by molar-refractivity contribution is 5.78. The average Bonchev–Trinajstić information content (AvgIpc) is 2.86. The lowest BCUT2D eigenvalue weighted by molar-refractivity contribution is -0.0178. The quantitative estimate of drug-likeness (QED) is 0.784. The van der Waals surface area contributed by atoms with Gasteiger partial charge in [-0.05, 0) is 41.2 Å². The summed E-state index contributed by atoms with van der Waals surface area (Å²) in [5, 5.41) is 9.34. The molecule has 20 heavy (non-hydrogen) atoms. The van der Waals surface area contributed by atoms with Crippen molar-refractivity contribution < 1.29 is 9.84 Å². The van der Waals surface area contributed by atoms with Gasteiger partial charge in [0.2, 0.25) is 0 Å². The lowest BCUT2D eigenvalue weighted by Gasteiger charge is -2.30. The van der Waals surface area contributed by atoms with Crippen molar-refractivity contribution in [2.24, 2.45) is 0 Å². The topological polar surface area (TPSA) is 29.5 Å². The molecule has 2 nitrogen and oxygen atoms in total. The van der Waals surface area contributed by atoms with Gasteiger partial charge in [0, 0.05) is 20.1 Å². The Morgan fingerprint density at radius 2 is 1.85 bits per heavy atom. The largest absolute Gasteiger partial charge is 0.396 e. The van der Waals surface area contributed by atoms with Crippen LogP contribution in [-0.4, -0.2) is 18.8 Å². The van der Waals surface area contributed by atoms with E-state index >= 15 is 0 Å². The highest BCUT2D eigenvalue weighted by Gasteiger charge is 2.31. The molecule has 1 aliphatic carbocycles. The van der Waals surface area contributed by atoms with Crippen LogP contribution in [0.5, 0.6) is 0 Å². The SMILES string of the molecule is COC(C)(CCO)c1cccc2c1Cc1ccccc1-2. The molecule has 104 valence electrons. The molecule has 2 aromatic rings. The van der Waals surface area contributed by atoms with E-state index in [9.17, 15) is 5.11 Å². The zero-order valence-corrected chi connectivity index (χ0v) is 12.0. The number of aliphatic hydroxyl groups is 1. The third-order valence-corrected chi connectivity index (χ3v) is 4.46. The molecule has 3 rings (SSSR count). The molecule has 1 aliphatic rings. The smallest absolute Gasteiger partial charge is 0.0924 e. The number of rotatable bonds is 4. The second-order valence-electron chi connectivity index (χ2n) is 5.57. The first-order chi connectivity index (χ1) is 9.69. The maximum Gasteiger partial charge on any atom is 0.0924 e. The minimum absolute atomic E-state index is 0.126. The Kier molecular flexibility index (Phi) is 3.36. The summed E-state index contributed by atoms with van der Waals surface area (Å²) in [7, 11) is 1.72. The molecule has 0 aliphatic heterocycles. The Labute approximate surface area is 120 Å². The molecule has 0 radical (unpaired) electrons. The van der Waals surface area contributed by atoms with Gasteiger partial charge in [-0.15, -0.1) is 0 Å². The molecule has 2 aromatic carbocycles. The normalized spacial score (nSPS) is 15.6. The molecular weight excluding hydrogens is 248 g/mol. The second kappa shape index (κ2) is 5.04. The maximum atomic E-state index is 9.34. The van der Waals surface area contributed by atoms with Gasteiger partial charge in [0.1, 0.15) is 0 Å². The van der Waals surface area contributed by atoms with E-state index in [1.54, 1.807) is 7.11 Å². The summed E-state index contributed by atoms with van der Waals surface area (Å²) in [4.78, 5) is 0. The molecule has 0 saturated carbocycles. The maximum absolute atomic E-state index is 9.34. The third kappa shape index (κ3) is 1.96. The van der Waals surface area contributed by atoms with Crippen LogP contribution in [0.4, 0.5) is 0 Å². The van der Waals surface area contributed by atoms with Crippen LogP contribution in [0, 0.1) is 0 Å². The summed E-state index contributed by atoms with van der Waals surface area (Å²) < 4.78 is 5.73. The zero-order chi connectivity index (χ0) is 14.2. The van der Waals surface area contributed by atoms with Gasteiger partial charge in [-0.2, -0.15) is 0 Å². The first-order valence-corrected chi connectivity index (χ1v) is 7.06. The molecule has 1 N–H and O–H groups in total. The molecule has 0 heterocycles. The number of fused-ring (bicyclic) bond motifs is 3. The van der Waals surface area contributed by atoms with Gasteiger partial charge in [0.05, 0.1) is 5.60 Å². The lowest BCUT2D eigenvalue weighted by atomic mass is 9.86. The predicted molar refractivity (Wildman–Crippen MR) is 80.7 cm³/mol. The van der Waals surface area contributed by atoms with Crippen LogP contribution < -0.4 is 0 Å². The molecule has 1 atom stereocenters. The number of hydrogen-bond acceptors (Lipinski definition) is 2. The Morgan fingerprint density at radius 3 is 2.60 bits per heavy atom. The van der Waals surface area contributed by atoms with Crippen molar-refractivity contribution in [1.29, 1.82) is 0 Å². The van der Waals surface area contributed by atoms with E-state index in [-0.39, 0.29) is 6.61 Å². The van der Waals surface area contributed by atoms with Gasteiger partial charge in [-0.3, -0.25) is 0 Å². The molecule has 1 unspecified atom stereocenters. The van der Waals surface area contributed by atoms with Crippen molar-refractivity contribution >= 4 is 0 Å². The minimum atomic E-state index is -0.428. The number of aliphatic hydroxyl groups excluding tert-OH is 1. The number of ether oxygens (including phenoxy) is 1. The van der Waals surface area contributed by atoms with E-state index in [4.69, 9.17) is 4.74 Å². The molecule has 0 fully saturated rings. The van der Waals surface area contributed by atoms with Crippen LogP contribution in [-0.2, 0) is 16.8 Å². The van der Waals surface area contributed by atoms with Crippen LogP contribution in [0.2, 0.25) is 0 Å². The Bertz CT molecular complexity index is 633. The van der Waals surface area contributed by atoms with Crippen molar-refractivity contribution in [3.05, 3.63) is 59.2 Å². The second-order valence-corrected chi connectivity index (χ2v) is 5.57. The van der Waals surface area contributed by atoms with Gasteiger partial charge < -0.3 is 9.84 Å². The molecule has 0 saturated heterocycles. The van der Waals surface area contributed by atoms with Gasteiger partial charge in [0.25, 0.3) is 0 Å². The standard InChI is InChI=1S/C18H20O2/c1-18(20-2,10-11-19)17-9-5-8-15-14-7-4-3-6-13(14)12-16(15)17/h3-9,19H,10-12H2,1-2H3. The Hall–Kier alpha value is -1.64. The van der Waals surface area contributed by atoms with Gasteiger partial charge in [-0.25, -0.2) is 0 Å². The van der Waals surface area contributed by atoms with Gasteiger partial charge >= 0.3 is 0 Å². The molecule has 0 aromatic heterocycles. The highest BCUT2D eigenvalue weighted by atomic mass is 16.5. The average molecular weight is 268 g/mol. The van der Waals surface area contributed by atoms with E-state index in [0.29, 0.717) is 6.42 Å². The number of benzene rings is 2. The number of hydrogen-bond donors (Lipinski definition) is 1. The molecule has 0 spiro atoms. The predicted octanol–water partition coefficient (Wildman–Crippen LogP) is 3.50. The van der Waals surface area contributed by atoms with Crippen LogP contribution >= 0.6 is 0 Å². The van der Waals surface area contributed by atoms with Crippen molar-refractivity contribution in [2.45, 2.75) is 25.4 Å². The lowest BCUT2D eigenvalue weighted by Crippen LogP contribution is -2.27. The van der Waals surface area contributed by atoms with E-state index in [1.165, 1.54) is 27.8 Å². The summed E-state index contributed by atoms with van der Waals surface area (Å²) in [5.74, 6) is 0. The molecule has 2 heteroatoms. The fourth-order valence-electron chi connectivity index (χ4n) is 3.21. The van der Waals surface area contributed by atoms with E-state index in [0.717, 1.165) is 6.42 Å². The Balaban J connectivity index is 2.14. The summed E-state index contributed by atoms with van der Waals surface area (Å²) in [6.45, 7) is 2.18. The fourth-order valence-corrected chi connectivity index (χ4v) is 3.21. The fraction of sp³-hybridized carbons (Fsp3) is 0.333. The summed E-state index contributed by atoms with van der Waals surface area (Å²) in [5.41, 5.74) is 6.11. The Morgan fingerprint density at radius 1 is 1.10 bits per heavy atom. The van der Waals surface area contributed by atoms with E-state index in [2.05, 4.69) is 49.4 Å². The van der Waals surface area contributed by atoms with Crippen LogP contribution in [0.1, 0.15) is 30.0 Å². The minimum Gasteiger partial charge on any atom is -0.396 e. The zero-order valence-electron chi connectivity index (χ0n) is 12.0. The summed E-state index contributed by atoms with van der Waals surface area (Å²) in [6.07, 6.45) is 1.56. The van der Waals surface area contributed by atoms with Crippen molar-refractivity contribution in [3.63, 3.8) is 0 Å². The first-order valence-electron chi connectivity index (χ1n) is 7.06. The highest BCUT2D eigenvalue weighted by Crippen LogP contribution is 2.42. The van der Waals surface area contributed by atoms with Gasteiger partial charge in [-0.1, -0.05) is 42.5 Å². The van der Waals surface area contributed by atoms with Crippen molar-refractivity contribution in [1.82, 2.24) is 0 Å². The van der Waals surface area contributed by atoms with Crippen molar-refractivity contribution in [3.8, 4) is 11.1 Å². The molecular formula is C18H20O2.